The Morgan fingerprint density at radius 2 is 1.83 bits per heavy atom. The van der Waals surface area contributed by atoms with Crippen LogP contribution in [0.5, 0.6) is 0 Å². The standard InChI is InChI=1S/C16H22N2O6/c1-10(16(22)24-9-13(19)17-7-8-23-2)18-14(20)11-5-3-4-6-12(11)15(18)21/h3-4,10-12H,5-9H2,1-2H3,(H,17,19)/t10-,11-,12+/m0/s1. The predicted octanol–water partition coefficient (Wildman–Crippen LogP) is -0.368. The highest BCUT2D eigenvalue weighted by Gasteiger charge is 2.50. The van der Waals surface area contributed by atoms with Gasteiger partial charge < -0.3 is 14.8 Å². The van der Waals surface area contributed by atoms with Crippen molar-refractivity contribution in [2.75, 3.05) is 26.9 Å². The lowest BCUT2D eigenvalue weighted by molar-refractivity contribution is -0.159. The maximum Gasteiger partial charge on any atom is 0.329 e. The first-order chi connectivity index (χ1) is 11.5. The van der Waals surface area contributed by atoms with Crippen LogP contribution >= 0.6 is 0 Å². The molecule has 3 atom stereocenters. The highest BCUT2D eigenvalue weighted by molar-refractivity contribution is 6.08. The van der Waals surface area contributed by atoms with Gasteiger partial charge >= 0.3 is 5.97 Å². The number of amides is 3. The summed E-state index contributed by atoms with van der Waals surface area (Å²) in [4.78, 5) is 49.3. The largest absolute Gasteiger partial charge is 0.454 e. The molecule has 8 heteroatoms. The quantitative estimate of drug-likeness (QED) is 0.294. The fourth-order valence-electron chi connectivity index (χ4n) is 2.91. The van der Waals surface area contributed by atoms with Crippen LogP contribution in [0.3, 0.4) is 0 Å². The van der Waals surface area contributed by atoms with Gasteiger partial charge in [0.1, 0.15) is 6.04 Å². The van der Waals surface area contributed by atoms with Crippen molar-refractivity contribution in [3.8, 4) is 0 Å². The van der Waals surface area contributed by atoms with Crippen LogP contribution in [0.4, 0.5) is 0 Å². The van der Waals surface area contributed by atoms with Crippen molar-refractivity contribution < 1.29 is 28.7 Å². The number of rotatable bonds is 7. The molecule has 8 nitrogen and oxygen atoms in total. The molecule has 0 spiro atoms. The summed E-state index contributed by atoms with van der Waals surface area (Å²) in [6.07, 6.45) is 4.78. The van der Waals surface area contributed by atoms with Gasteiger partial charge in [-0.2, -0.15) is 0 Å². The summed E-state index contributed by atoms with van der Waals surface area (Å²) in [5, 5.41) is 2.51. The number of carbonyl (C=O) groups excluding carboxylic acids is 4. The molecule has 0 radical (unpaired) electrons. The summed E-state index contributed by atoms with van der Waals surface area (Å²) in [5.41, 5.74) is 0. The number of imide groups is 1. The molecule has 2 aliphatic rings. The van der Waals surface area contributed by atoms with Gasteiger partial charge in [-0.3, -0.25) is 19.3 Å². The summed E-state index contributed by atoms with van der Waals surface area (Å²) in [7, 11) is 1.51. The molecule has 0 aromatic carbocycles. The van der Waals surface area contributed by atoms with Crippen molar-refractivity contribution in [1.29, 1.82) is 0 Å². The van der Waals surface area contributed by atoms with Gasteiger partial charge in [-0.15, -0.1) is 0 Å². The molecule has 24 heavy (non-hydrogen) atoms. The van der Waals surface area contributed by atoms with Crippen LogP contribution in [0.25, 0.3) is 0 Å². The number of ether oxygens (including phenoxy) is 2. The maximum absolute atomic E-state index is 12.4. The molecule has 0 unspecified atom stereocenters. The highest BCUT2D eigenvalue weighted by Crippen LogP contribution is 2.36. The fraction of sp³-hybridized carbons (Fsp3) is 0.625. The fourth-order valence-corrected chi connectivity index (χ4v) is 2.91. The number of nitrogens with one attached hydrogen (secondary N) is 1. The minimum Gasteiger partial charge on any atom is -0.454 e. The number of carbonyl (C=O) groups is 4. The van der Waals surface area contributed by atoms with E-state index in [0.29, 0.717) is 26.0 Å². The van der Waals surface area contributed by atoms with E-state index >= 15 is 0 Å². The van der Waals surface area contributed by atoms with Crippen LogP contribution in [0.15, 0.2) is 12.2 Å². The summed E-state index contributed by atoms with van der Waals surface area (Å²) in [5.74, 6) is -2.72. The first-order valence-electron chi connectivity index (χ1n) is 7.91. The lowest BCUT2D eigenvalue weighted by Gasteiger charge is -2.21. The molecule has 0 bridgehead atoms. The summed E-state index contributed by atoms with van der Waals surface area (Å²) in [6, 6.07) is -1.04. The van der Waals surface area contributed by atoms with Gasteiger partial charge in [0.25, 0.3) is 5.91 Å². The number of hydrogen-bond donors (Lipinski definition) is 1. The molecule has 1 fully saturated rings. The van der Waals surface area contributed by atoms with E-state index in [1.165, 1.54) is 14.0 Å². The van der Waals surface area contributed by atoms with E-state index in [4.69, 9.17) is 9.47 Å². The van der Waals surface area contributed by atoms with Crippen LogP contribution in [-0.4, -0.2) is 61.5 Å². The number of methoxy groups -OCH3 is 1. The lowest BCUT2D eigenvalue weighted by atomic mass is 9.85. The number of esters is 1. The van der Waals surface area contributed by atoms with Crippen LogP contribution in [-0.2, 0) is 28.7 Å². The van der Waals surface area contributed by atoms with Gasteiger partial charge in [-0.05, 0) is 19.8 Å². The normalized spacial score (nSPS) is 23.8. The Morgan fingerprint density at radius 1 is 1.25 bits per heavy atom. The van der Waals surface area contributed by atoms with Gasteiger partial charge in [0.05, 0.1) is 18.4 Å². The Kier molecular flexibility index (Phi) is 6.08. The molecule has 132 valence electrons. The van der Waals surface area contributed by atoms with Crippen molar-refractivity contribution in [2.24, 2.45) is 11.8 Å². The van der Waals surface area contributed by atoms with Crippen molar-refractivity contribution in [2.45, 2.75) is 25.8 Å². The molecule has 0 aromatic rings. The third-order valence-electron chi connectivity index (χ3n) is 4.24. The third-order valence-corrected chi connectivity index (χ3v) is 4.24. The summed E-state index contributed by atoms with van der Waals surface area (Å²) < 4.78 is 9.69. The highest BCUT2D eigenvalue weighted by atomic mass is 16.5. The van der Waals surface area contributed by atoms with E-state index in [2.05, 4.69) is 5.32 Å². The van der Waals surface area contributed by atoms with Gasteiger partial charge in [-0.25, -0.2) is 4.79 Å². The zero-order chi connectivity index (χ0) is 17.7. The molecule has 0 aromatic heterocycles. The summed E-state index contributed by atoms with van der Waals surface area (Å²) in [6.45, 7) is 1.63. The molecule has 1 N–H and O–H groups in total. The van der Waals surface area contributed by atoms with Crippen molar-refractivity contribution in [1.82, 2.24) is 10.2 Å². The molecule has 3 amide bonds. The number of fused-ring (bicyclic) bond motifs is 1. The minimum absolute atomic E-state index is 0.307. The molecular weight excluding hydrogens is 316 g/mol. The molecular formula is C16H22N2O6. The first-order valence-corrected chi connectivity index (χ1v) is 7.91. The van der Waals surface area contributed by atoms with E-state index in [-0.39, 0.29) is 11.8 Å². The molecule has 1 aliphatic carbocycles. The van der Waals surface area contributed by atoms with Gasteiger partial charge in [0.15, 0.2) is 6.61 Å². The van der Waals surface area contributed by atoms with E-state index in [1.807, 2.05) is 12.2 Å². The Bertz CT molecular complexity index is 533. The first kappa shape index (κ1) is 18.1. The Morgan fingerprint density at radius 3 is 2.38 bits per heavy atom. The van der Waals surface area contributed by atoms with Crippen LogP contribution < -0.4 is 5.32 Å². The molecule has 0 saturated carbocycles. The van der Waals surface area contributed by atoms with Crippen molar-refractivity contribution in [3.63, 3.8) is 0 Å². The van der Waals surface area contributed by atoms with Crippen LogP contribution in [0.1, 0.15) is 19.8 Å². The van der Waals surface area contributed by atoms with Gasteiger partial charge in [0.2, 0.25) is 11.8 Å². The number of hydrogen-bond acceptors (Lipinski definition) is 6. The third kappa shape index (κ3) is 3.81. The van der Waals surface area contributed by atoms with E-state index in [9.17, 15) is 19.2 Å². The molecule has 1 heterocycles. The topological polar surface area (TPSA) is 102 Å². The SMILES string of the molecule is COCCNC(=O)COC(=O)[C@H](C)N1C(=O)[C@H]2CC=CC[C@H]2C1=O. The van der Waals surface area contributed by atoms with Crippen molar-refractivity contribution in [3.05, 3.63) is 12.2 Å². The average Bonchev–Trinajstić information content (AvgIpc) is 2.84. The average molecular weight is 338 g/mol. The molecule has 1 saturated heterocycles. The predicted molar refractivity (Wildman–Crippen MR) is 82.5 cm³/mol. The summed E-state index contributed by atoms with van der Waals surface area (Å²) >= 11 is 0. The van der Waals surface area contributed by atoms with E-state index < -0.39 is 36.4 Å². The molecule has 2 rings (SSSR count). The second-order valence-electron chi connectivity index (χ2n) is 5.83. The number of likely N-dealkylation sites (tertiary alicyclic amines) is 1. The zero-order valence-corrected chi connectivity index (χ0v) is 13.8. The van der Waals surface area contributed by atoms with Gasteiger partial charge in [0, 0.05) is 13.7 Å². The lowest BCUT2D eigenvalue weighted by Crippen LogP contribution is -2.45. The Hall–Kier alpha value is -2.22. The Labute approximate surface area is 140 Å². The van der Waals surface area contributed by atoms with E-state index in [1.54, 1.807) is 0 Å². The second kappa shape index (κ2) is 8.05. The van der Waals surface area contributed by atoms with Gasteiger partial charge in [-0.1, -0.05) is 12.2 Å². The maximum atomic E-state index is 12.4. The second-order valence-corrected chi connectivity index (χ2v) is 5.83. The smallest absolute Gasteiger partial charge is 0.329 e. The number of allylic oxidation sites excluding steroid dienone is 2. The van der Waals surface area contributed by atoms with Crippen LogP contribution in [0.2, 0.25) is 0 Å². The Balaban J connectivity index is 1.88. The van der Waals surface area contributed by atoms with Crippen LogP contribution in [0, 0.1) is 11.8 Å². The van der Waals surface area contributed by atoms with Crippen molar-refractivity contribution >= 4 is 23.7 Å². The zero-order valence-electron chi connectivity index (χ0n) is 13.8. The monoisotopic (exact) mass is 338 g/mol. The van der Waals surface area contributed by atoms with E-state index in [0.717, 1.165) is 4.90 Å². The number of nitrogens with zero attached hydrogens (tertiary/aromatic N) is 1. The molecule has 1 aliphatic heterocycles. The minimum atomic E-state index is -1.04.